The summed E-state index contributed by atoms with van der Waals surface area (Å²) in [5.41, 5.74) is 2.61. The molecule has 0 bridgehead atoms. The van der Waals surface area contributed by atoms with Crippen LogP contribution in [0.1, 0.15) is 37.8 Å². The maximum absolute atomic E-state index is 5.80. The molecule has 0 aliphatic carbocycles. The zero-order valence-electron chi connectivity index (χ0n) is 12.9. The van der Waals surface area contributed by atoms with Gasteiger partial charge in [0.1, 0.15) is 0 Å². The lowest BCUT2D eigenvalue weighted by Gasteiger charge is -2.14. The minimum atomic E-state index is 0.523. The molecule has 0 amide bonds. The standard InChI is InChI=1S/C17H28N2O/c1-15(2)18-13-16-6-5-7-17(12-16)14-20-11-10-19-8-3-4-9-19/h5-7,12,15,18H,3-4,8-11,13-14H2,1-2H3. The van der Waals surface area contributed by atoms with Crippen LogP contribution in [0.3, 0.4) is 0 Å². The second kappa shape index (κ2) is 8.40. The first kappa shape index (κ1) is 15.5. The Morgan fingerprint density at radius 1 is 1.20 bits per heavy atom. The summed E-state index contributed by atoms with van der Waals surface area (Å²) in [7, 11) is 0. The Morgan fingerprint density at radius 3 is 2.70 bits per heavy atom. The van der Waals surface area contributed by atoms with Crippen molar-refractivity contribution < 1.29 is 4.74 Å². The summed E-state index contributed by atoms with van der Waals surface area (Å²) in [6.45, 7) is 10.4. The van der Waals surface area contributed by atoms with Gasteiger partial charge in [-0.05, 0) is 37.1 Å². The molecule has 0 radical (unpaired) electrons. The highest BCUT2D eigenvalue weighted by Crippen LogP contribution is 2.09. The van der Waals surface area contributed by atoms with E-state index in [1.165, 1.54) is 37.1 Å². The van der Waals surface area contributed by atoms with Crippen LogP contribution in [-0.2, 0) is 17.9 Å². The molecule has 1 aromatic rings. The van der Waals surface area contributed by atoms with E-state index >= 15 is 0 Å². The molecule has 1 N–H and O–H groups in total. The molecule has 1 fully saturated rings. The summed E-state index contributed by atoms with van der Waals surface area (Å²) in [5, 5.41) is 3.45. The Balaban J connectivity index is 1.67. The van der Waals surface area contributed by atoms with Crippen molar-refractivity contribution in [1.82, 2.24) is 10.2 Å². The molecule has 112 valence electrons. The van der Waals surface area contributed by atoms with E-state index in [-0.39, 0.29) is 0 Å². The number of rotatable bonds is 8. The van der Waals surface area contributed by atoms with Crippen LogP contribution in [0.25, 0.3) is 0 Å². The van der Waals surface area contributed by atoms with Gasteiger partial charge in [0.2, 0.25) is 0 Å². The van der Waals surface area contributed by atoms with Crippen molar-refractivity contribution in [2.24, 2.45) is 0 Å². The van der Waals surface area contributed by atoms with Crippen molar-refractivity contribution >= 4 is 0 Å². The monoisotopic (exact) mass is 276 g/mol. The fraction of sp³-hybridized carbons (Fsp3) is 0.647. The van der Waals surface area contributed by atoms with Crippen LogP contribution < -0.4 is 5.32 Å². The van der Waals surface area contributed by atoms with Crippen molar-refractivity contribution in [3.05, 3.63) is 35.4 Å². The molecule has 1 aromatic carbocycles. The normalized spacial score (nSPS) is 16.1. The van der Waals surface area contributed by atoms with Gasteiger partial charge >= 0.3 is 0 Å². The largest absolute Gasteiger partial charge is 0.375 e. The van der Waals surface area contributed by atoms with Gasteiger partial charge in [-0.25, -0.2) is 0 Å². The first-order valence-electron chi connectivity index (χ1n) is 7.85. The van der Waals surface area contributed by atoms with Crippen LogP contribution in [0.2, 0.25) is 0 Å². The lowest BCUT2D eigenvalue weighted by atomic mass is 10.1. The van der Waals surface area contributed by atoms with Gasteiger partial charge < -0.3 is 15.0 Å². The molecule has 0 saturated carbocycles. The predicted molar refractivity (Wildman–Crippen MR) is 83.7 cm³/mol. The Bertz CT molecular complexity index is 386. The van der Waals surface area contributed by atoms with E-state index < -0.39 is 0 Å². The van der Waals surface area contributed by atoms with Crippen molar-refractivity contribution in [3.8, 4) is 0 Å². The molecule has 0 aromatic heterocycles. The number of nitrogens with zero attached hydrogens (tertiary/aromatic N) is 1. The zero-order chi connectivity index (χ0) is 14.2. The second-order valence-corrected chi connectivity index (χ2v) is 5.96. The first-order chi connectivity index (χ1) is 9.74. The molecule has 3 nitrogen and oxygen atoms in total. The summed E-state index contributed by atoms with van der Waals surface area (Å²) in [6.07, 6.45) is 2.70. The van der Waals surface area contributed by atoms with E-state index in [0.29, 0.717) is 6.04 Å². The highest BCUT2D eigenvalue weighted by Gasteiger charge is 2.10. The quantitative estimate of drug-likeness (QED) is 0.739. The molecule has 20 heavy (non-hydrogen) atoms. The van der Waals surface area contributed by atoms with E-state index in [0.717, 1.165) is 26.3 Å². The Hall–Kier alpha value is -0.900. The Labute approximate surface area is 123 Å². The number of ether oxygens (including phenoxy) is 1. The van der Waals surface area contributed by atoms with Crippen LogP contribution in [0.5, 0.6) is 0 Å². The molecule has 3 heteroatoms. The van der Waals surface area contributed by atoms with Crippen LogP contribution in [0, 0.1) is 0 Å². The summed E-state index contributed by atoms with van der Waals surface area (Å²) >= 11 is 0. The Morgan fingerprint density at radius 2 is 1.95 bits per heavy atom. The van der Waals surface area contributed by atoms with Gasteiger partial charge in [0.25, 0.3) is 0 Å². The number of likely N-dealkylation sites (tertiary alicyclic amines) is 1. The van der Waals surface area contributed by atoms with Gasteiger partial charge in [-0.1, -0.05) is 38.1 Å². The molecular formula is C17H28N2O. The molecule has 1 saturated heterocycles. The smallest absolute Gasteiger partial charge is 0.0717 e. The molecule has 1 aliphatic heterocycles. The van der Waals surface area contributed by atoms with E-state index in [1.807, 2.05) is 0 Å². The number of nitrogens with one attached hydrogen (secondary N) is 1. The van der Waals surface area contributed by atoms with Crippen LogP contribution in [0.4, 0.5) is 0 Å². The molecule has 2 rings (SSSR count). The third-order valence-electron chi connectivity index (χ3n) is 3.73. The van der Waals surface area contributed by atoms with Gasteiger partial charge in [0, 0.05) is 19.1 Å². The van der Waals surface area contributed by atoms with Gasteiger partial charge in [-0.15, -0.1) is 0 Å². The average Bonchev–Trinajstić information content (AvgIpc) is 2.95. The van der Waals surface area contributed by atoms with Gasteiger partial charge in [-0.2, -0.15) is 0 Å². The lowest BCUT2D eigenvalue weighted by Crippen LogP contribution is -2.24. The van der Waals surface area contributed by atoms with Crippen molar-refractivity contribution in [3.63, 3.8) is 0 Å². The van der Waals surface area contributed by atoms with Gasteiger partial charge in [0.15, 0.2) is 0 Å². The van der Waals surface area contributed by atoms with Crippen molar-refractivity contribution in [2.45, 2.75) is 45.9 Å². The fourth-order valence-electron chi connectivity index (χ4n) is 2.54. The minimum absolute atomic E-state index is 0.523. The summed E-state index contributed by atoms with van der Waals surface area (Å²) in [6, 6.07) is 9.20. The summed E-state index contributed by atoms with van der Waals surface area (Å²) in [4.78, 5) is 2.49. The van der Waals surface area contributed by atoms with E-state index in [9.17, 15) is 0 Å². The third-order valence-corrected chi connectivity index (χ3v) is 3.73. The van der Waals surface area contributed by atoms with Crippen LogP contribution in [-0.4, -0.2) is 37.2 Å². The minimum Gasteiger partial charge on any atom is -0.375 e. The molecule has 0 atom stereocenters. The SMILES string of the molecule is CC(C)NCc1cccc(COCCN2CCCC2)c1. The summed E-state index contributed by atoms with van der Waals surface area (Å²) < 4.78 is 5.80. The zero-order valence-corrected chi connectivity index (χ0v) is 12.9. The van der Waals surface area contributed by atoms with Crippen LogP contribution >= 0.6 is 0 Å². The maximum Gasteiger partial charge on any atom is 0.0717 e. The van der Waals surface area contributed by atoms with E-state index in [2.05, 4.69) is 48.3 Å². The van der Waals surface area contributed by atoms with Gasteiger partial charge in [-0.3, -0.25) is 0 Å². The average molecular weight is 276 g/mol. The number of hydrogen-bond donors (Lipinski definition) is 1. The molecule has 0 unspecified atom stereocenters. The van der Waals surface area contributed by atoms with Crippen molar-refractivity contribution in [2.75, 3.05) is 26.2 Å². The topological polar surface area (TPSA) is 24.5 Å². The predicted octanol–water partition coefficient (Wildman–Crippen LogP) is 2.80. The molecule has 1 heterocycles. The van der Waals surface area contributed by atoms with Crippen molar-refractivity contribution in [1.29, 1.82) is 0 Å². The molecule has 1 aliphatic rings. The molecule has 0 spiro atoms. The highest BCUT2D eigenvalue weighted by atomic mass is 16.5. The van der Waals surface area contributed by atoms with Gasteiger partial charge in [0.05, 0.1) is 13.2 Å². The number of benzene rings is 1. The maximum atomic E-state index is 5.80. The lowest BCUT2D eigenvalue weighted by molar-refractivity contribution is 0.0992. The first-order valence-corrected chi connectivity index (χ1v) is 7.85. The Kier molecular flexibility index (Phi) is 6.51. The second-order valence-electron chi connectivity index (χ2n) is 5.96. The fourth-order valence-corrected chi connectivity index (χ4v) is 2.54. The number of hydrogen-bond acceptors (Lipinski definition) is 3. The molecular weight excluding hydrogens is 248 g/mol. The van der Waals surface area contributed by atoms with E-state index in [1.54, 1.807) is 0 Å². The third kappa shape index (κ3) is 5.61. The summed E-state index contributed by atoms with van der Waals surface area (Å²) in [5.74, 6) is 0. The van der Waals surface area contributed by atoms with E-state index in [4.69, 9.17) is 4.74 Å². The van der Waals surface area contributed by atoms with Crippen LogP contribution in [0.15, 0.2) is 24.3 Å². The highest BCUT2D eigenvalue weighted by molar-refractivity contribution is 5.22.